The second-order valence-corrected chi connectivity index (χ2v) is 2.31. The second kappa shape index (κ2) is 2.65. The Morgan fingerprint density at radius 2 is 2.10 bits per heavy atom. The van der Waals surface area contributed by atoms with Crippen molar-refractivity contribution >= 4 is 5.78 Å². The lowest BCUT2D eigenvalue weighted by Crippen LogP contribution is -1.98. The lowest BCUT2D eigenvalue weighted by atomic mass is 10.0. The summed E-state index contributed by atoms with van der Waals surface area (Å²) in [6, 6.07) is 0. The molecule has 1 rings (SSSR count). The predicted octanol–water partition coefficient (Wildman–Crippen LogP) is 2.02. The Balaban J connectivity index is 2.95. The molecule has 0 radical (unpaired) electrons. The fraction of sp³-hybridized carbons (Fsp3) is 0.222. The Morgan fingerprint density at radius 1 is 1.40 bits per heavy atom. The third-order valence-corrected chi connectivity index (χ3v) is 1.53. The van der Waals surface area contributed by atoms with Gasteiger partial charge in [-0.25, -0.2) is 0 Å². The summed E-state index contributed by atoms with van der Waals surface area (Å²) in [5, 5.41) is 0. The van der Waals surface area contributed by atoms with Crippen LogP contribution in [0.4, 0.5) is 0 Å². The topological polar surface area (TPSA) is 17.1 Å². The molecule has 1 aliphatic carbocycles. The maximum absolute atomic E-state index is 10.9. The Labute approximate surface area is 60.7 Å². The Hall–Kier alpha value is -1.11. The van der Waals surface area contributed by atoms with E-state index in [4.69, 9.17) is 0 Å². The van der Waals surface area contributed by atoms with Gasteiger partial charge in [0, 0.05) is 0 Å². The van der Waals surface area contributed by atoms with Crippen LogP contribution in [-0.2, 0) is 4.79 Å². The van der Waals surface area contributed by atoms with Crippen molar-refractivity contribution in [2.24, 2.45) is 0 Å². The van der Waals surface area contributed by atoms with Crippen LogP contribution >= 0.6 is 0 Å². The highest BCUT2D eigenvalue weighted by Crippen LogP contribution is 2.11. The zero-order chi connectivity index (χ0) is 7.56. The summed E-state index contributed by atoms with van der Waals surface area (Å²) >= 11 is 0. The second-order valence-electron chi connectivity index (χ2n) is 2.31. The Bertz CT molecular complexity index is 241. The molecular formula is C9H10O. The Kier molecular flexibility index (Phi) is 1.86. The average molecular weight is 134 g/mol. The molecule has 1 aliphatic rings. The number of rotatable bonds is 0. The molecule has 0 bridgehead atoms. The average Bonchev–Trinajstić information content (AvgIpc) is 1.95. The van der Waals surface area contributed by atoms with Crippen LogP contribution in [0.15, 0.2) is 35.5 Å². The minimum absolute atomic E-state index is 0.116. The van der Waals surface area contributed by atoms with Crippen molar-refractivity contribution in [2.75, 3.05) is 0 Å². The number of carbonyl (C=O) groups is 1. The standard InChI is InChI=1S/C9H10O/c1-3-8-4-5-9(10)7(2)6-8/h3-6H,1-2H3/b8-3+. The first-order chi connectivity index (χ1) is 4.74. The largest absolute Gasteiger partial charge is 0.290 e. The van der Waals surface area contributed by atoms with Gasteiger partial charge < -0.3 is 0 Å². The van der Waals surface area contributed by atoms with Crippen LogP contribution in [0.3, 0.4) is 0 Å². The van der Waals surface area contributed by atoms with Gasteiger partial charge >= 0.3 is 0 Å². The molecule has 0 N–H and O–H groups in total. The van der Waals surface area contributed by atoms with Gasteiger partial charge in [-0.1, -0.05) is 12.2 Å². The molecule has 52 valence electrons. The van der Waals surface area contributed by atoms with E-state index in [0.717, 1.165) is 11.1 Å². The van der Waals surface area contributed by atoms with Crippen molar-refractivity contribution in [3.8, 4) is 0 Å². The van der Waals surface area contributed by atoms with E-state index in [1.807, 2.05) is 32.1 Å². The summed E-state index contributed by atoms with van der Waals surface area (Å²) in [5.41, 5.74) is 1.92. The molecule has 0 atom stereocenters. The third-order valence-electron chi connectivity index (χ3n) is 1.53. The Morgan fingerprint density at radius 3 is 2.60 bits per heavy atom. The van der Waals surface area contributed by atoms with E-state index < -0.39 is 0 Å². The number of carbonyl (C=O) groups excluding carboxylic acids is 1. The minimum Gasteiger partial charge on any atom is -0.290 e. The van der Waals surface area contributed by atoms with E-state index >= 15 is 0 Å². The lowest BCUT2D eigenvalue weighted by molar-refractivity contribution is -0.111. The maximum Gasteiger partial charge on any atom is 0.181 e. The minimum atomic E-state index is 0.116. The van der Waals surface area contributed by atoms with Crippen molar-refractivity contribution in [3.63, 3.8) is 0 Å². The highest BCUT2D eigenvalue weighted by Gasteiger charge is 2.04. The van der Waals surface area contributed by atoms with Gasteiger partial charge in [-0.15, -0.1) is 0 Å². The normalized spacial score (nSPS) is 21.6. The molecule has 0 heterocycles. The smallest absolute Gasteiger partial charge is 0.181 e. The van der Waals surface area contributed by atoms with Crippen molar-refractivity contribution < 1.29 is 4.79 Å². The maximum atomic E-state index is 10.9. The van der Waals surface area contributed by atoms with Crippen molar-refractivity contribution in [1.82, 2.24) is 0 Å². The van der Waals surface area contributed by atoms with Crippen molar-refractivity contribution in [1.29, 1.82) is 0 Å². The van der Waals surface area contributed by atoms with Crippen LogP contribution in [-0.4, -0.2) is 5.78 Å². The van der Waals surface area contributed by atoms with Gasteiger partial charge in [0.2, 0.25) is 0 Å². The van der Waals surface area contributed by atoms with E-state index in [2.05, 4.69) is 0 Å². The summed E-state index contributed by atoms with van der Waals surface area (Å²) in [6.45, 7) is 3.79. The van der Waals surface area contributed by atoms with Crippen LogP contribution in [0, 0.1) is 0 Å². The van der Waals surface area contributed by atoms with E-state index in [-0.39, 0.29) is 5.78 Å². The summed E-state index contributed by atoms with van der Waals surface area (Å²) < 4.78 is 0. The van der Waals surface area contributed by atoms with E-state index in [1.54, 1.807) is 6.08 Å². The van der Waals surface area contributed by atoms with Gasteiger partial charge in [0.05, 0.1) is 0 Å². The first-order valence-corrected chi connectivity index (χ1v) is 3.31. The molecule has 10 heavy (non-hydrogen) atoms. The molecule has 0 saturated heterocycles. The third kappa shape index (κ3) is 1.24. The van der Waals surface area contributed by atoms with E-state index in [0.29, 0.717) is 0 Å². The molecule has 0 aromatic rings. The first-order valence-electron chi connectivity index (χ1n) is 3.31. The summed E-state index contributed by atoms with van der Waals surface area (Å²) in [4.78, 5) is 10.9. The summed E-state index contributed by atoms with van der Waals surface area (Å²) in [6.07, 6.45) is 7.30. The molecule has 1 nitrogen and oxygen atoms in total. The van der Waals surface area contributed by atoms with E-state index in [9.17, 15) is 4.79 Å². The number of ketones is 1. The molecule has 1 heteroatoms. The fourth-order valence-electron chi connectivity index (χ4n) is 0.852. The number of allylic oxidation sites excluding steroid dienone is 6. The molecular weight excluding hydrogens is 124 g/mol. The van der Waals surface area contributed by atoms with Gasteiger partial charge in [-0.05, 0) is 37.1 Å². The summed E-state index contributed by atoms with van der Waals surface area (Å²) in [5.74, 6) is 0.116. The van der Waals surface area contributed by atoms with E-state index in [1.165, 1.54) is 0 Å². The highest BCUT2D eigenvalue weighted by atomic mass is 16.1. The molecule has 0 spiro atoms. The molecule has 0 aromatic carbocycles. The SMILES string of the molecule is C/C=C1\C=CC(=O)C(C)=C1. The zero-order valence-electron chi connectivity index (χ0n) is 6.22. The van der Waals surface area contributed by atoms with Crippen molar-refractivity contribution in [2.45, 2.75) is 13.8 Å². The van der Waals surface area contributed by atoms with Gasteiger partial charge in [0.1, 0.15) is 0 Å². The molecule has 0 aromatic heterocycles. The fourth-order valence-corrected chi connectivity index (χ4v) is 0.852. The quantitative estimate of drug-likeness (QED) is 0.495. The van der Waals surface area contributed by atoms with Crippen LogP contribution in [0.1, 0.15) is 13.8 Å². The number of hydrogen-bond donors (Lipinski definition) is 0. The first kappa shape index (κ1) is 7.00. The van der Waals surface area contributed by atoms with Gasteiger partial charge in [-0.2, -0.15) is 0 Å². The number of hydrogen-bond acceptors (Lipinski definition) is 1. The van der Waals surface area contributed by atoms with Gasteiger partial charge in [0.15, 0.2) is 5.78 Å². The summed E-state index contributed by atoms with van der Waals surface area (Å²) in [7, 11) is 0. The molecule has 0 amide bonds. The predicted molar refractivity (Wildman–Crippen MR) is 41.7 cm³/mol. The van der Waals surface area contributed by atoms with Gasteiger partial charge in [-0.3, -0.25) is 4.79 Å². The van der Waals surface area contributed by atoms with Crippen LogP contribution in [0.5, 0.6) is 0 Å². The lowest BCUT2D eigenvalue weighted by Gasteiger charge is -2.02. The molecule has 0 saturated carbocycles. The highest BCUT2D eigenvalue weighted by molar-refractivity contribution is 6.05. The zero-order valence-corrected chi connectivity index (χ0v) is 6.22. The van der Waals surface area contributed by atoms with Crippen LogP contribution < -0.4 is 0 Å². The van der Waals surface area contributed by atoms with Crippen LogP contribution in [0.25, 0.3) is 0 Å². The van der Waals surface area contributed by atoms with Gasteiger partial charge in [0.25, 0.3) is 0 Å². The van der Waals surface area contributed by atoms with Crippen molar-refractivity contribution in [3.05, 3.63) is 35.5 Å². The molecule has 0 aliphatic heterocycles. The monoisotopic (exact) mass is 134 g/mol. The van der Waals surface area contributed by atoms with Crippen LogP contribution in [0.2, 0.25) is 0 Å². The molecule has 0 fully saturated rings. The molecule has 0 unspecified atom stereocenters.